The lowest BCUT2D eigenvalue weighted by Gasteiger charge is -2.17. The number of amides is 1. The molecule has 0 aliphatic carbocycles. The molecule has 4 rings (SSSR count). The van der Waals surface area contributed by atoms with E-state index in [0.29, 0.717) is 36.7 Å². The van der Waals surface area contributed by atoms with Crippen molar-refractivity contribution in [2.24, 2.45) is 0 Å². The molecule has 1 amide bonds. The summed E-state index contributed by atoms with van der Waals surface area (Å²) in [6.07, 6.45) is 3.44. The lowest BCUT2D eigenvalue weighted by atomic mass is 10.1. The Bertz CT molecular complexity index is 1140. The standard InChI is InChI=1S/C22H23N5O2/c1-26(12-13-29-2)22(28)18-17-10-6-7-11-27(17)21-19(18)20(24-15-25-21)23-14-16-8-4-3-5-9-16/h3-11,15H,12-14H2,1-2H3,(H,23,24,25). The van der Waals surface area contributed by atoms with Crippen LogP contribution in [0, 0.1) is 0 Å². The van der Waals surface area contributed by atoms with Crippen molar-refractivity contribution >= 4 is 28.3 Å². The molecule has 1 aromatic carbocycles. The van der Waals surface area contributed by atoms with Crippen LogP contribution in [0.2, 0.25) is 0 Å². The Balaban J connectivity index is 1.82. The molecule has 0 atom stereocenters. The van der Waals surface area contributed by atoms with Gasteiger partial charge in [0.15, 0.2) is 5.65 Å². The lowest BCUT2D eigenvalue weighted by Crippen LogP contribution is -2.30. The van der Waals surface area contributed by atoms with E-state index in [2.05, 4.69) is 15.3 Å². The van der Waals surface area contributed by atoms with E-state index in [1.807, 2.05) is 59.1 Å². The van der Waals surface area contributed by atoms with Gasteiger partial charge in [0.05, 0.1) is 23.1 Å². The molecule has 0 saturated carbocycles. The Hall–Kier alpha value is -3.45. The fraction of sp³-hybridized carbons (Fsp3) is 0.227. The highest BCUT2D eigenvalue weighted by Gasteiger charge is 2.24. The minimum absolute atomic E-state index is 0.0849. The summed E-state index contributed by atoms with van der Waals surface area (Å²) in [5, 5.41) is 4.11. The second kappa shape index (κ2) is 8.28. The number of benzene rings is 1. The highest BCUT2D eigenvalue weighted by atomic mass is 16.5. The number of ether oxygens (including phenoxy) is 1. The van der Waals surface area contributed by atoms with Gasteiger partial charge in [0.2, 0.25) is 0 Å². The minimum Gasteiger partial charge on any atom is -0.383 e. The zero-order valence-corrected chi connectivity index (χ0v) is 16.5. The second-order valence-corrected chi connectivity index (χ2v) is 6.81. The van der Waals surface area contributed by atoms with Gasteiger partial charge >= 0.3 is 0 Å². The van der Waals surface area contributed by atoms with E-state index in [0.717, 1.165) is 16.5 Å². The first-order chi connectivity index (χ1) is 14.2. The van der Waals surface area contributed by atoms with Gasteiger partial charge in [-0.2, -0.15) is 0 Å². The maximum Gasteiger partial charge on any atom is 0.256 e. The Morgan fingerprint density at radius 2 is 1.93 bits per heavy atom. The van der Waals surface area contributed by atoms with Crippen molar-refractivity contribution in [3.05, 3.63) is 72.2 Å². The number of hydrogen-bond acceptors (Lipinski definition) is 5. The number of aromatic nitrogens is 3. The number of nitrogens with one attached hydrogen (secondary N) is 1. The van der Waals surface area contributed by atoms with Crippen LogP contribution >= 0.6 is 0 Å². The average Bonchev–Trinajstić information content (AvgIpc) is 3.11. The average molecular weight is 389 g/mol. The number of carbonyl (C=O) groups is 1. The van der Waals surface area contributed by atoms with Crippen molar-refractivity contribution in [2.75, 3.05) is 32.6 Å². The molecule has 3 aromatic heterocycles. The summed E-state index contributed by atoms with van der Waals surface area (Å²) >= 11 is 0. The number of fused-ring (bicyclic) bond motifs is 3. The van der Waals surface area contributed by atoms with Crippen molar-refractivity contribution in [3.8, 4) is 0 Å². The topological polar surface area (TPSA) is 71.8 Å². The Labute approximate surface area is 169 Å². The van der Waals surface area contributed by atoms with Crippen molar-refractivity contribution in [1.82, 2.24) is 19.3 Å². The molecule has 29 heavy (non-hydrogen) atoms. The summed E-state index contributed by atoms with van der Waals surface area (Å²) in [5.74, 6) is 0.560. The van der Waals surface area contributed by atoms with E-state index in [4.69, 9.17) is 4.74 Å². The normalized spacial score (nSPS) is 11.1. The summed E-state index contributed by atoms with van der Waals surface area (Å²) in [5.41, 5.74) is 3.23. The van der Waals surface area contributed by atoms with Gasteiger partial charge < -0.3 is 19.4 Å². The smallest absolute Gasteiger partial charge is 0.256 e. The third-order valence-corrected chi connectivity index (χ3v) is 4.92. The number of pyridine rings is 1. The first kappa shape index (κ1) is 18.9. The first-order valence-electron chi connectivity index (χ1n) is 9.46. The molecule has 0 radical (unpaired) electrons. The van der Waals surface area contributed by atoms with Gasteiger partial charge in [0.25, 0.3) is 5.91 Å². The molecule has 0 spiro atoms. The van der Waals surface area contributed by atoms with E-state index < -0.39 is 0 Å². The second-order valence-electron chi connectivity index (χ2n) is 6.81. The van der Waals surface area contributed by atoms with E-state index in [1.165, 1.54) is 6.33 Å². The van der Waals surface area contributed by atoms with Gasteiger partial charge in [-0.25, -0.2) is 9.97 Å². The summed E-state index contributed by atoms with van der Waals surface area (Å²) in [6, 6.07) is 15.9. The Morgan fingerprint density at radius 3 is 2.72 bits per heavy atom. The molecular formula is C22H23N5O2. The van der Waals surface area contributed by atoms with Gasteiger partial charge in [-0.15, -0.1) is 0 Å². The molecule has 0 unspecified atom stereocenters. The number of likely N-dealkylation sites (N-methyl/N-ethyl adjacent to an activating group) is 1. The molecule has 3 heterocycles. The number of methoxy groups -OCH3 is 1. The van der Waals surface area contributed by atoms with E-state index in [-0.39, 0.29) is 5.91 Å². The van der Waals surface area contributed by atoms with Crippen LogP contribution in [-0.2, 0) is 11.3 Å². The van der Waals surface area contributed by atoms with Crippen molar-refractivity contribution in [3.63, 3.8) is 0 Å². The quantitative estimate of drug-likeness (QED) is 0.525. The Morgan fingerprint density at radius 1 is 1.14 bits per heavy atom. The maximum atomic E-state index is 13.3. The van der Waals surface area contributed by atoms with Gasteiger partial charge in [-0.3, -0.25) is 4.79 Å². The van der Waals surface area contributed by atoms with Gasteiger partial charge in [0, 0.05) is 33.4 Å². The SMILES string of the molecule is COCCN(C)C(=O)c1c2c(NCc3ccccc3)ncnc2n2ccccc12. The number of carbonyl (C=O) groups excluding carboxylic acids is 1. The molecule has 0 bridgehead atoms. The van der Waals surface area contributed by atoms with Crippen LogP contribution in [0.4, 0.5) is 5.82 Å². The fourth-order valence-corrected chi connectivity index (χ4v) is 3.40. The highest BCUT2D eigenvalue weighted by molar-refractivity contribution is 6.16. The largest absolute Gasteiger partial charge is 0.383 e. The third kappa shape index (κ3) is 3.64. The fourth-order valence-electron chi connectivity index (χ4n) is 3.40. The summed E-state index contributed by atoms with van der Waals surface area (Å²) < 4.78 is 7.06. The number of anilines is 1. The Kier molecular flexibility index (Phi) is 5.39. The molecule has 4 aromatic rings. The molecule has 0 saturated heterocycles. The van der Waals surface area contributed by atoms with Crippen LogP contribution in [0.25, 0.3) is 16.6 Å². The molecule has 7 heteroatoms. The molecule has 0 aliphatic heterocycles. The predicted molar refractivity (Wildman–Crippen MR) is 113 cm³/mol. The van der Waals surface area contributed by atoms with E-state index in [1.54, 1.807) is 19.1 Å². The van der Waals surface area contributed by atoms with Crippen LogP contribution in [0.3, 0.4) is 0 Å². The molecule has 148 valence electrons. The van der Waals surface area contributed by atoms with Gasteiger partial charge in [-0.1, -0.05) is 36.4 Å². The summed E-state index contributed by atoms with van der Waals surface area (Å²) in [6.45, 7) is 1.58. The monoisotopic (exact) mass is 389 g/mol. The molecule has 0 fully saturated rings. The van der Waals surface area contributed by atoms with Crippen molar-refractivity contribution < 1.29 is 9.53 Å². The van der Waals surface area contributed by atoms with Gasteiger partial charge in [-0.05, 0) is 17.7 Å². The van der Waals surface area contributed by atoms with Crippen LogP contribution in [0.15, 0.2) is 61.1 Å². The van der Waals surface area contributed by atoms with Crippen LogP contribution in [0.5, 0.6) is 0 Å². The minimum atomic E-state index is -0.0849. The molecule has 1 N–H and O–H groups in total. The predicted octanol–water partition coefficient (Wildman–Crippen LogP) is 3.21. The number of hydrogen-bond donors (Lipinski definition) is 1. The molecular weight excluding hydrogens is 366 g/mol. The zero-order chi connectivity index (χ0) is 20.2. The van der Waals surface area contributed by atoms with Crippen LogP contribution < -0.4 is 5.32 Å². The molecule has 7 nitrogen and oxygen atoms in total. The van der Waals surface area contributed by atoms with Crippen LogP contribution in [-0.4, -0.2) is 52.5 Å². The van der Waals surface area contributed by atoms with Crippen LogP contribution in [0.1, 0.15) is 15.9 Å². The first-order valence-corrected chi connectivity index (χ1v) is 9.46. The zero-order valence-electron chi connectivity index (χ0n) is 16.5. The maximum absolute atomic E-state index is 13.3. The van der Waals surface area contributed by atoms with E-state index >= 15 is 0 Å². The summed E-state index contributed by atoms with van der Waals surface area (Å²) in [7, 11) is 3.40. The van der Waals surface area contributed by atoms with Crippen molar-refractivity contribution in [1.29, 1.82) is 0 Å². The molecule has 0 aliphatic rings. The summed E-state index contributed by atoms with van der Waals surface area (Å²) in [4.78, 5) is 23.9. The van der Waals surface area contributed by atoms with Crippen molar-refractivity contribution in [2.45, 2.75) is 6.54 Å². The number of rotatable bonds is 7. The third-order valence-electron chi connectivity index (χ3n) is 4.92. The number of nitrogens with zero attached hydrogens (tertiary/aromatic N) is 4. The van der Waals surface area contributed by atoms with Gasteiger partial charge in [0.1, 0.15) is 12.1 Å². The highest BCUT2D eigenvalue weighted by Crippen LogP contribution is 2.31. The lowest BCUT2D eigenvalue weighted by molar-refractivity contribution is 0.0748. The van der Waals surface area contributed by atoms with E-state index in [9.17, 15) is 4.79 Å².